The highest BCUT2D eigenvalue weighted by atomic mass is 28.3. The molecule has 0 aliphatic heterocycles. The van der Waals surface area contributed by atoms with Crippen molar-refractivity contribution in [2.75, 3.05) is 0 Å². The molecule has 2 rings (SSSR count). The molecule has 7 heteroatoms. The fourth-order valence-electron chi connectivity index (χ4n) is 2.67. The van der Waals surface area contributed by atoms with Crippen molar-refractivity contribution in [1.82, 2.24) is 0 Å². The van der Waals surface area contributed by atoms with E-state index in [1.807, 2.05) is 60.7 Å². The van der Waals surface area contributed by atoms with Crippen LogP contribution in [0.5, 0.6) is 11.5 Å². The SMILES string of the molecule is NC(CCC[SiH2]O[SiH2]CCCC(N)Oc1ccccc1)Oc1ccccc1. The molecule has 2 atom stereocenters. The summed E-state index contributed by atoms with van der Waals surface area (Å²) in [4.78, 5) is 0. The number of nitrogens with two attached hydrogens (primary N) is 2. The predicted octanol–water partition coefficient (Wildman–Crippen LogP) is 2.30. The first-order valence-electron chi connectivity index (χ1n) is 9.76. The number of hydrogen-bond acceptors (Lipinski definition) is 5. The number of benzene rings is 2. The Bertz CT molecular complexity index is 551. The van der Waals surface area contributed by atoms with E-state index in [0.717, 1.165) is 49.3 Å². The average molecular weight is 405 g/mol. The monoisotopic (exact) mass is 404 g/mol. The Hall–Kier alpha value is -1.65. The van der Waals surface area contributed by atoms with Crippen molar-refractivity contribution in [3.63, 3.8) is 0 Å². The molecule has 0 spiro atoms. The first-order chi connectivity index (χ1) is 13.2. The highest BCUT2D eigenvalue weighted by molar-refractivity contribution is 6.42. The summed E-state index contributed by atoms with van der Waals surface area (Å²) in [6, 6.07) is 21.8. The second kappa shape index (κ2) is 13.5. The third-order valence-electron chi connectivity index (χ3n) is 4.12. The van der Waals surface area contributed by atoms with Gasteiger partial charge in [-0.2, -0.15) is 0 Å². The van der Waals surface area contributed by atoms with E-state index >= 15 is 0 Å². The summed E-state index contributed by atoms with van der Waals surface area (Å²) in [5.74, 6) is 1.67. The maximum atomic E-state index is 6.01. The molecule has 0 fully saturated rings. The van der Waals surface area contributed by atoms with Crippen LogP contribution in [0.1, 0.15) is 25.7 Å². The van der Waals surface area contributed by atoms with Crippen molar-refractivity contribution in [3.8, 4) is 11.5 Å². The molecule has 0 aliphatic carbocycles. The van der Waals surface area contributed by atoms with Crippen molar-refractivity contribution in [1.29, 1.82) is 0 Å². The molecule has 4 N–H and O–H groups in total. The van der Waals surface area contributed by atoms with Gasteiger partial charge in [-0.3, -0.25) is 11.5 Å². The molecule has 0 bridgehead atoms. The van der Waals surface area contributed by atoms with Crippen molar-refractivity contribution in [2.45, 2.75) is 50.2 Å². The Balaban J connectivity index is 1.39. The van der Waals surface area contributed by atoms with Gasteiger partial charge in [-0.1, -0.05) is 36.4 Å². The van der Waals surface area contributed by atoms with Crippen molar-refractivity contribution >= 4 is 19.5 Å². The maximum absolute atomic E-state index is 6.01. The maximum Gasteiger partial charge on any atom is 0.147 e. The third kappa shape index (κ3) is 10.3. The molecule has 2 aromatic carbocycles. The van der Waals surface area contributed by atoms with Gasteiger partial charge in [-0.25, -0.2) is 0 Å². The van der Waals surface area contributed by atoms with Crippen LogP contribution in [0.2, 0.25) is 12.1 Å². The molecule has 0 saturated carbocycles. The Morgan fingerprint density at radius 2 is 1.07 bits per heavy atom. The molecular formula is C20H32N2O3Si2. The molecule has 0 amide bonds. The van der Waals surface area contributed by atoms with Gasteiger partial charge in [0.05, 0.1) is 0 Å². The van der Waals surface area contributed by atoms with Crippen LogP contribution in [0, 0.1) is 0 Å². The quantitative estimate of drug-likeness (QED) is 0.287. The Morgan fingerprint density at radius 1 is 0.667 bits per heavy atom. The molecule has 27 heavy (non-hydrogen) atoms. The molecule has 2 unspecified atom stereocenters. The van der Waals surface area contributed by atoms with Gasteiger partial charge < -0.3 is 13.6 Å². The zero-order chi connectivity index (χ0) is 19.2. The largest absolute Gasteiger partial charge is 0.476 e. The minimum Gasteiger partial charge on any atom is -0.476 e. The zero-order valence-corrected chi connectivity index (χ0v) is 18.8. The van der Waals surface area contributed by atoms with E-state index in [4.69, 9.17) is 25.1 Å². The summed E-state index contributed by atoms with van der Waals surface area (Å²) in [5, 5.41) is 0. The van der Waals surface area contributed by atoms with Gasteiger partial charge in [0, 0.05) is 0 Å². The van der Waals surface area contributed by atoms with E-state index in [9.17, 15) is 0 Å². The van der Waals surface area contributed by atoms with Crippen molar-refractivity contribution < 1.29 is 13.6 Å². The molecule has 0 radical (unpaired) electrons. The Morgan fingerprint density at radius 3 is 1.48 bits per heavy atom. The van der Waals surface area contributed by atoms with Crippen LogP contribution in [0.4, 0.5) is 0 Å². The fraction of sp³-hybridized carbons (Fsp3) is 0.400. The first kappa shape index (κ1) is 21.7. The lowest BCUT2D eigenvalue weighted by Gasteiger charge is -2.14. The van der Waals surface area contributed by atoms with Crippen LogP contribution in [0.15, 0.2) is 60.7 Å². The molecule has 0 aromatic heterocycles. The summed E-state index contributed by atoms with van der Waals surface area (Å²) >= 11 is 0. The molecular weight excluding hydrogens is 372 g/mol. The third-order valence-corrected chi connectivity index (χ3v) is 8.00. The summed E-state index contributed by atoms with van der Waals surface area (Å²) < 4.78 is 17.3. The number of ether oxygens (including phenoxy) is 2. The second-order valence-corrected chi connectivity index (χ2v) is 10.4. The number of hydrogen-bond donors (Lipinski definition) is 2. The van der Waals surface area contributed by atoms with Gasteiger partial charge >= 0.3 is 0 Å². The molecule has 2 aromatic rings. The topological polar surface area (TPSA) is 79.7 Å². The number of para-hydroxylation sites is 2. The minimum absolute atomic E-state index is 0.232. The van der Waals surface area contributed by atoms with Crippen molar-refractivity contribution in [2.24, 2.45) is 11.5 Å². The minimum atomic E-state index is -0.408. The molecule has 0 aliphatic rings. The molecule has 148 valence electrons. The van der Waals surface area contributed by atoms with Crippen LogP contribution < -0.4 is 20.9 Å². The fourth-order valence-corrected chi connectivity index (χ4v) is 6.10. The van der Waals surface area contributed by atoms with Gasteiger partial charge in [0.15, 0.2) is 0 Å². The molecule has 0 saturated heterocycles. The first-order valence-corrected chi connectivity index (χ1v) is 12.9. The van der Waals surface area contributed by atoms with Crippen LogP contribution >= 0.6 is 0 Å². The molecule has 5 nitrogen and oxygen atoms in total. The van der Waals surface area contributed by atoms with Crippen LogP contribution in [-0.4, -0.2) is 32.0 Å². The summed E-state index contributed by atoms with van der Waals surface area (Å²) in [6.07, 6.45) is 3.43. The summed E-state index contributed by atoms with van der Waals surface area (Å²) in [6.45, 7) is 0. The summed E-state index contributed by atoms with van der Waals surface area (Å²) in [5.41, 5.74) is 12.0. The lowest BCUT2D eigenvalue weighted by molar-refractivity contribution is 0.197. The van der Waals surface area contributed by atoms with Gasteiger partial charge in [-0.15, -0.1) is 0 Å². The normalized spacial score (nSPS) is 14.0. The smallest absolute Gasteiger partial charge is 0.147 e. The van der Waals surface area contributed by atoms with Crippen LogP contribution in [0.3, 0.4) is 0 Å². The predicted molar refractivity (Wildman–Crippen MR) is 116 cm³/mol. The Kier molecular flexibility index (Phi) is 10.8. The van der Waals surface area contributed by atoms with Crippen LogP contribution in [-0.2, 0) is 4.12 Å². The number of rotatable bonds is 14. The van der Waals surface area contributed by atoms with E-state index in [0.29, 0.717) is 0 Å². The van der Waals surface area contributed by atoms with E-state index < -0.39 is 19.5 Å². The van der Waals surface area contributed by atoms with Gasteiger partial charge in [0.25, 0.3) is 0 Å². The highest BCUT2D eigenvalue weighted by Gasteiger charge is 2.05. The average Bonchev–Trinajstić information content (AvgIpc) is 2.68. The van der Waals surface area contributed by atoms with Gasteiger partial charge in [-0.05, 0) is 62.0 Å². The van der Waals surface area contributed by atoms with Gasteiger partial charge in [0.2, 0.25) is 0 Å². The van der Waals surface area contributed by atoms with E-state index in [2.05, 4.69) is 0 Å². The van der Waals surface area contributed by atoms with Gasteiger partial charge in [0.1, 0.15) is 43.5 Å². The lowest BCUT2D eigenvalue weighted by Crippen LogP contribution is -2.27. The van der Waals surface area contributed by atoms with E-state index in [-0.39, 0.29) is 12.5 Å². The lowest BCUT2D eigenvalue weighted by atomic mass is 10.3. The standard InChI is InChI=1S/C20H32N2O3Si2/c21-19(23-17-9-3-1-4-10-17)13-7-15-26-25-27-16-8-14-20(22)24-18-11-5-2-6-12-18/h1-6,9-12,19-20H,7-8,13-16,21-22,26-27H2. The van der Waals surface area contributed by atoms with Crippen LogP contribution in [0.25, 0.3) is 0 Å². The molecule has 0 heterocycles. The highest BCUT2D eigenvalue weighted by Crippen LogP contribution is 2.13. The second-order valence-electron chi connectivity index (χ2n) is 6.54. The van der Waals surface area contributed by atoms with E-state index in [1.165, 1.54) is 0 Å². The summed E-state index contributed by atoms with van der Waals surface area (Å²) in [7, 11) is -0.817. The van der Waals surface area contributed by atoms with E-state index in [1.54, 1.807) is 0 Å². The van der Waals surface area contributed by atoms with Crippen molar-refractivity contribution in [3.05, 3.63) is 60.7 Å². The zero-order valence-electron chi connectivity index (χ0n) is 16.0. The Labute approximate surface area is 167 Å².